The lowest BCUT2D eigenvalue weighted by Gasteiger charge is -2.38. The van der Waals surface area contributed by atoms with Crippen molar-refractivity contribution in [3.63, 3.8) is 0 Å². The normalized spacial score (nSPS) is 37.1. The van der Waals surface area contributed by atoms with E-state index in [9.17, 15) is 0 Å². The summed E-state index contributed by atoms with van der Waals surface area (Å²) in [6.45, 7) is 7.13. The summed E-state index contributed by atoms with van der Waals surface area (Å²) in [6.07, 6.45) is 4.10. The molecule has 0 spiro atoms. The van der Waals surface area contributed by atoms with Crippen molar-refractivity contribution in [2.24, 2.45) is 11.3 Å². The summed E-state index contributed by atoms with van der Waals surface area (Å²) in [5.74, 6) is 0.899. The smallest absolute Gasteiger partial charge is 0.00716 e. The molecular weight excluding hydrogens is 134 g/mol. The van der Waals surface area contributed by atoms with Crippen LogP contribution >= 0.6 is 0 Å². The van der Waals surface area contributed by atoms with Crippen LogP contribution in [0.3, 0.4) is 0 Å². The third-order valence-corrected chi connectivity index (χ3v) is 2.80. The molecule has 0 radical (unpaired) electrons. The van der Waals surface area contributed by atoms with Crippen LogP contribution in [0.1, 0.15) is 40.0 Å². The molecule has 0 aromatic carbocycles. The van der Waals surface area contributed by atoms with Gasteiger partial charge in [0.05, 0.1) is 0 Å². The lowest BCUT2D eigenvalue weighted by Crippen LogP contribution is -2.38. The van der Waals surface area contributed by atoms with Crippen LogP contribution in [-0.4, -0.2) is 13.1 Å². The minimum atomic E-state index is 0.561. The van der Waals surface area contributed by atoms with E-state index in [1.165, 1.54) is 19.3 Å². The predicted octanol–water partition coefficient (Wildman–Crippen LogP) is 2.42. The fraction of sp³-hybridized carbons (Fsp3) is 1.00. The average molecular weight is 155 g/mol. The van der Waals surface area contributed by atoms with Crippen LogP contribution in [0.25, 0.3) is 0 Å². The van der Waals surface area contributed by atoms with E-state index in [0.717, 1.165) is 12.0 Å². The van der Waals surface area contributed by atoms with Gasteiger partial charge < -0.3 is 5.32 Å². The molecule has 0 unspecified atom stereocenters. The van der Waals surface area contributed by atoms with Gasteiger partial charge in [-0.15, -0.1) is 0 Å². The molecule has 66 valence electrons. The molecule has 1 saturated carbocycles. The standard InChI is InChI=1S/C10H21N/c1-8-5-9(11-4)7-10(2,3)6-8/h8-9,11H,5-7H2,1-4H3/t8-,9-/m0/s1. The van der Waals surface area contributed by atoms with E-state index in [2.05, 4.69) is 33.1 Å². The Hall–Kier alpha value is -0.0400. The SMILES string of the molecule is CN[C@H]1C[C@H](C)CC(C)(C)C1. The van der Waals surface area contributed by atoms with Crippen molar-refractivity contribution in [2.45, 2.75) is 46.1 Å². The van der Waals surface area contributed by atoms with Crippen LogP contribution in [0.15, 0.2) is 0 Å². The molecule has 0 amide bonds. The van der Waals surface area contributed by atoms with Crippen molar-refractivity contribution in [1.82, 2.24) is 5.32 Å². The lowest BCUT2D eigenvalue weighted by molar-refractivity contribution is 0.156. The van der Waals surface area contributed by atoms with Gasteiger partial charge in [0.25, 0.3) is 0 Å². The Labute approximate surface area is 70.6 Å². The number of hydrogen-bond donors (Lipinski definition) is 1. The molecule has 1 aliphatic rings. The molecule has 0 bridgehead atoms. The van der Waals surface area contributed by atoms with Gasteiger partial charge in [-0.3, -0.25) is 0 Å². The monoisotopic (exact) mass is 155 g/mol. The summed E-state index contributed by atoms with van der Waals surface area (Å²) in [5.41, 5.74) is 0.561. The highest BCUT2D eigenvalue weighted by Gasteiger charge is 2.30. The number of rotatable bonds is 1. The van der Waals surface area contributed by atoms with Gasteiger partial charge >= 0.3 is 0 Å². The van der Waals surface area contributed by atoms with Gasteiger partial charge in [0.1, 0.15) is 0 Å². The van der Waals surface area contributed by atoms with Crippen LogP contribution in [0, 0.1) is 11.3 Å². The Kier molecular flexibility index (Phi) is 2.58. The van der Waals surface area contributed by atoms with Gasteiger partial charge in [-0.25, -0.2) is 0 Å². The molecule has 1 N–H and O–H groups in total. The first-order chi connectivity index (χ1) is 5.03. The van der Waals surface area contributed by atoms with Crippen molar-refractivity contribution in [3.8, 4) is 0 Å². The van der Waals surface area contributed by atoms with Gasteiger partial charge in [-0.05, 0) is 37.6 Å². The van der Waals surface area contributed by atoms with Gasteiger partial charge in [0, 0.05) is 6.04 Å². The molecule has 0 heterocycles. The summed E-state index contributed by atoms with van der Waals surface area (Å²) < 4.78 is 0. The predicted molar refractivity (Wildman–Crippen MR) is 49.6 cm³/mol. The van der Waals surface area contributed by atoms with Crippen molar-refractivity contribution in [1.29, 1.82) is 0 Å². The number of nitrogens with one attached hydrogen (secondary N) is 1. The molecule has 0 aromatic heterocycles. The highest BCUT2D eigenvalue weighted by Crippen LogP contribution is 2.38. The highest BCUT2D eigenvalue weighted by atomic mass is 14.9. The Morgan fingerprint density at radius 3 is 2.36 bits per heavy atom. The molecule has 0 aromatic rings. The Morgan fingerprint density at radius 2 is 1.91 bits per heavy atom. The minimum absolute atomic E-state index is 0.561. The quantitative estimate of drug-likeness (QED) is 0.613. The highest BCUT2D eigenvalue weighted by molar-refractivity contribution is 4.85. The first-order valence-electron chi connectivity index (χ1n) is 4.71. The minimum Gasteiger partial charge on any atom is -0.317 e. The second kappa shape index (κ2) is 3.14. The zero-order valence-electron chi connectivity index (χ0n) is 8.28. The van der Waals surface area contributed by atoms with E-state index in [1.807, 2.05) is 0 Å². The maximum Gasteiger partial charge on any atom is 0.00716 e. The Morgan fingerprint density at radius 1 is 1.27 bits per heavy atom. The van der Waals surface area contributed by atoms with E-state index in [0.29, 0.717) is 5.41 Å². The summed E-state index contributed by atoms with van der Waals surface area (Å²) in [7, 11) is 2.08. The van der Waals surface area contributed by atoms with E-state index < -0.39 is 0 Å². The summed E-state index contributed by atoms with van der Waals surface area (Å²) in [5, 5.41) is 3.39. The molecule has 0 saturated heterocycles. The molecular formula is C10H21N. The van der Waals surface area contributed by atoms with Crippen LogP contribution in [-0.2, 0) is 0 Å². The maximum absolute atomic E-state index is 3.39. The summed E-state index contributed by atoms with van der Waals surface area (Å²) in [6, 6.07) is 0.758. The fourth-order valence-electron chi connectivity index (χ4n) is 2.57. The molecule has 11 heavy (non-hydrogen) atoms. The van der Waals surface area contributed by atoms with Crippen molar-refractivity contribution >= 4 is 0 Å². The third-order valence-electron chi connectivity index (χ3n) is 2.80. The third kappa shape index (κ3) is 2.48. The largest absolute Gasteiger partial charge is 0.317 e. The fourth-order valence-corrected chi connectivity index (χ4v) is 2.57. The second-order valence-corrected chi connectivity index (χ2v) is 4.90. The van der Waals surface area contributed by atoms with Crippen LogP contribution in [0.4, 0.5) is 0 Å². The molecule has 2 atom stereocenters. The zero-order chi connectivity index (χ0) is 8.48. The maximum atomic E-state index is 3.39. The van der Waals surface area contributed by atoms with E-state index in [4.69, 9.17) is 0 Å². The topological polar surface area (TPSA) is 12.0 Å². The Balaban J connectivity index is 2.51. The zero-order valence-corrected chi connectivity index (χ0v) is 8.28. The van der Waals surface area contributed by atoms with Crippen molar-refractivity contribution in [3.05, 3.63) is 0 Å². The van der Waals surface area contributed by atoms with Gasteiger partial charge in [-0.1, -0.05) is 20.8 Å². The van der Waals surface area contributed by atoms with Crippen molar-refractivity contribution < 1.29 is 0 Å². The van der Waals surface area contributed by atoms with E-state index >= 15 is 0 Å². The molecule has 1 fully saturated rings. The summed E-state index contributed by atoms with van der Waals surface area (Å²) >= 11 is 0. The first kappa shape index (κ1) is 9.05. The first-order valence-corrected chi connectivity index (χ1v) is 4.71. The second-order valence-electron chi connectivity index (χ2n) is 4.90. The molecule has 1 rings (SSSR count). The summed E-state index contributed by atoms with van der Waals surface area (Å²) in [4.78, 5) is 0. The Bertz CT molecular complexity index is 129. The molecule has 1 aliphatic carbocycles. The number of hydrogen-bond acceptors (Lipinski definition) is 1. The van der Waals surface area contributed by atoms with Gasteiger partial charge in [-0.2, -0.15) is 0 Å². The lowest BCUT2D eigenvalue weighted by atomic mass is 9.71. The van der Waals surface area contributed by atoms with Gasteiger partial charge in [0.2, 0.25) is 0 Å². The van der Waals surface area contributed by atoms with Crippen LogP contribution < -0.4 is 5.32 Å². The molecule has 1 heteroatoms. The van der Waals surface area contributed by atoms with Crippen molar-refractivity contribution in [2.75, 3.05) is 7.05 Å². The average Bonchev–Trinajstić information content (AvgIpc) is 1.83. The molecule has 0 aliphatic heterocycles. The molecule has 1 nitrogen and oxygen atoms in total. The van der Waals surface area contributed by atoms with Gasteiger partial charge in [0.15, 0.2) is 0 Å². The van der Waals surface area contributed by atoms with Crippen LogP contribution in [0.5, 0.6) is 0 Å². The van der Waals surface area contributed by atoms with E-state index in [-0.39, 0.29) is 0 Å². The van der Waals surface area contributed by atoms with E-state index in [1.54, 1.807) is 0 Å². The van der Waals surface area contributed by atoms with Crippen LogP contribution in [0.2, 0.25) is 0 Å².